The molecule has 0 bridgehead atoms. The van der Waals surface area contributed by atoms with Gasteiger partial charge >= 0.3 is 0 Å². The van der Waals surface area contributed by atoms with Gasteiger partial charge in [-0.25, -0.2) is 0 Å². The van der Waals surface area contributed by atoms with Gasteiger partial charge in [0, 0.05) is 27.3 Å². The molecule has 0 spiro atoms. The number of fused-ring (bicyclic) bond motifs is 9. The van der Waals surface area contributed by atoms with Gasteiger partial charge in [0.2, 0.25) is 0 Å². The van der Waals surface area contributed by atoms with Crippen LogP contribution in [0.5, 0.6) is 0 Å². The van der Waals surface area contributed by atoms with Gasteiger partial charge in [-0.15, -0.1) is 0 Å². The van der Waals surface area contributed by atoms with Crippen molar-refractivity contribution in [1.82, 2.24) is 0 Å². The zero-order chi connectivity index (χ0) is 47.8. The number of hydrogen-bond donors (Lipinski definition) is 0. The van der Waals surface area contributed by atoms with Crippen molar-refractivity contribution in [3.05, 3.63) is 145 Å². The molecule has 9 rings (SSSR count). The highest BCUT2D eigenvalue weighted by Gasteiger charge is 2.22. The minimum atomic E-state index is -0.944. The molecule has 0 unspecified atom stereocenters. The summed E-state index contributed by atoms with van der Waals surface area (Å²) in [5.74, 6) is 0. The van der Waals surface area contributed by atoms with Gasteiger partial charge in [-0.3, -0.25) is 0 Å². The molecule has 1 aromatic heterocycles. The minimum Gasteiger partial charge on any atom is -0.455 e. The molecule has 0 fully saturated rings. The van der Waals surface area contributed by atoms with Crippen LogP contribution in [0.2, 0.25) is 0 Å². The average Bonchev–Trinajstić information content (AvgIpc) is 3.67. The molecule has 1 heteroatoms. The van der Waals surface area contributed by atoms with Gasteiger partial charge in [0.1, 0.15) is 11.2 Å². The van der Waals surface area contributed by atoms with Crippen molar-refractivity contribution in [3.63, 3.8) is 0 Å². The Morgan fingerprint density at radius 3 is 1.61 bits per heavy atom. The standard InChI is InChI=1S/C40H24O/c1-2-13-26(14-3-1)36-30-18-8-10-20-32(30)37(33-21-11-9-19-31(33)36)35-24-27-15-5-6-16-28(27)38-34-23-22-25-12-4-7-17-29(25)39(34)41-40(35)38/h1-24H/i1D,2D,3D,4D,5D,6D,7D,8D,9D,10D,11D,12D,13D,14D,15D,16D,17D,18D,19D,20D,21D,22D,23D,24D. The zero-order valence-corrected chi connectivity index (χ0v) is 20.4. The lowest BCUT2D eigenvalue weighted by Crippen LogP contribution is -1.91. The normalized spacial score (nSPS) is 20.1. The van der Waals surface area contributed by atoms with Crippen molar-refractivity contribution < 1.29 is 37.3 Å². The topological polar surface area (TPSA) is 13.1 Å². The Bertz CT molecular complexity index is 3710. The summed E-state index contributed by atoms with van der Waals surface area (Å²) in [7, 11) is 0. The van der Waals surface area contributed by atoms with Gasteiger partial charge in [0.25, 0.3) is 0 Å². The second kappa shape index (κ2) is 8.55. The molecule has 0 N–H and O–H groups in total. The summed E-state index contributed by atoms with van der Waals surface area (Å²) in [4.78, 5) is 0. The van der Waals surface area contributed by atoms with E-state index in [2.05, 4.69) is 0 Å². The van der Waals surface area contributed by atoms with Crippen molar-refractivity contribution in [2.24, 2.45) is 0 Å². The molecule has 0 saturated carbocycles. The van der Waals surface area contributed by atoms with E-state index in [0.29, 0.717) is 0 Å². The minimum absolute atomic E-state index is 0.432. The van der Waals surface area contributed by atoms with Crippen LogP contribution in [0, 0.1) is 0 Å². The van der Waals surface area contributed by atoms with E-state index in [1.165, 1.54) is 0 Å². The maximum atomic E-state index is 9.86. The monoisotopic (exact) mass is 544 g/mol. The molecular formula is C40H24O. The van der Waals surface area contributed by atoms with E-state index in [-0.39, 0.29) is 0 Å². The van der Waals surface area contributed by atoms with Crippen LogP contribution in [-0.2, 0) is 0 Å². The molecule has 190 valence electrons. The summed E-state index contributed by atoms with van der Waals surface area (Å²) < 4.78 is 220. The SMILES string of the molecule is [2H]c1c([2H])c([2H])c(-c2c3c([2H])c([2H])c([2H])c([2H])c3c(-c3c([2H])c4c([2H])c([2H])c([2H])c([2H])c4c4c3oc3c5c([2H])c([2H])c([2H])c([2H])c5c([2H])c([2H])c34)c3c([2H])c([2H])c([2H])c([2H])c23)c([2H])c1[2H]. The quantitative estimate of drug-likeness (QED) is 0.197. The fraction of sp³-hybridized carbons (Fsp3) is 0. The second-order valence-corrected chi connectivity index (χ2v) is 9.01. The van der Waals surface area contributed by atoms with Crippen molar-refractivity contribution in [2.75, 3.05) is 0 Å². The number of rotatable bonds is 2. The molecule has 9 aromatic rings. The molecule has 41 heavy (non-hydrogen) atoms. The van der Waals surface area contributed by atoms with E-state index in [1.807, 2.05) is 0 Å². The first-order valence-electron chi connectivity index (χ1n) is 24.2. The highest BCUT2D eigenvalue weighted by molar-refractivity contribution is 6.29. The maximum Gasteiger partial charge on any atom is 0.143 e. The predicted molar refractivity (Wildman–Crippen MR) is 175 cm³/mol. The Kier molecular flexibility index (Phi) is 1.94. The molecule has 1 nitrogen and oxygen atoms in total. The summed E-state index contributed by atoms with van der Waals surface area (Å²) in [6.45, 7) is 0. The Balaban J connectivity index is 1.74. The van der Waals surface area contributed by atoms with Gasteiger partial charge in [-0.2, -0.15) is 0 Å². The van der Waals surface area contributed by atoms with Crippen molar-refractivity contribution in [1.29, 1.82) is 0 Å². The first kappa shape index (κ1) is 9.33. The molecule has 8 aromatic carbocycles. The average molecular weight is 545 g/mol. The molecule has 0 radical (unpaired) electrons. The van der Waals surface area contributed by atoms with Crippen molar-refractivity contribution in [3.8, 4) is 22.3 Å². The van der Waals surface area contributed by atoms with Gasteiger partial charge in [0.15, 0.2) is 0 Å². The van der Waals surface area contributed by atoms with Crippen LogP contribution in [0.3, 0.4) is 0 Å². The third-order valence-corrected chi connectivity index (χ3v) is 6.92. The van der Waals surface area contributed by atoms with E-state index in [1.54, 1.807) is 0 Å². The smallest absolute Gasteiger partial charge is 0.143 e. The summed E-state index contributed by atoms with van der Waals surface area (Å²) >= 11 is 0. The van der Waals surface area contributed by atoms with Crippen LogP contribution in [-0.4, -0.2) is 0 Å². The lowest BCUT2D eigenvalue weighted by molar-refractivity contribution is 0.674. The summed E-state index contributed by atoms with van der Waals surface area (Å²) in [5.41, 5.74) is -3.82. The van der Waals surface area contributed by atoms with E-state index in [4.69, 9.17) is 29.1 Å². The van der Waals surface area contributed by atoms with E-state index in [9.17, 15) is 8.22 Å². The third-order valence-electron chi connectivity index (χ3n) is 6.92. The molecule has 0 saturated heterocycles. The summed E-state index contributed by atoms with van der Waals surface area (Å²) in [6.07, 6.45) is 0. The zero-order valence-electron chi connectivity index (χ0n) is 44.4. The van der Waals surface area contributed by atoms with Crippen LogP contribution in [0.15, 0.2) is 149 Å². The van der Waals surface area contributed by atoms with Crippen LogP contribution >= 0.6 is 0 Å². The van der Waals surface area contributed by atoms with E-state index < -0.39 is 232 Å². The second-order valence-electron chi connectivity index (χ2n) is 9.01. The number of furan rings is 1. The summed E-state index contributed by atoms with van der Waals surface area (Å²) in [6, 6.07) is -20.7. The van der Waals surface area contributed by atoms with Crippen LogP contribution in [0.1, 0.15) is 32.9 Å². The lowest BCUT2D eigenvalue weighted by atomic mass is 9.85. The first-order chi connectivity index (χ1) is 30.3. The Morgan fingerprint density at radius 1 is 0.390 bits per heavy atom. The number of benzene rings is 8. The molecule has 1 heterocycles. The van der Waals surface area contributed by atoms with Gasteiger partial charge in [0.05, 0.1) is 32.9 Å². The molecule has 0 atom stereocenters. The summed E-state index contributed by atoms with van der Waals surface area (Å²) in [5, 5.41) is -5.51. The molecule has 0 aliphatic heterocycles. The largest absolute Gasteiger partial charge is 0.455 e. The van der Waals surface area contributed by atoms with Crippen LogP contribution in [0.25, 0.3) is 87.3 Å². The number of hydrogen-bond acceptors (Lipinski definition) is 1. The Labute approximate surface area is 270 Å². The Morgan fingerprint density at radius 2 is 0.927 bits per heavy atom. The molecule has 0 amide bonds. The molecule has 0 aliphatic carbocycles. The fourth-order valence-electron chi connectivity index (χ4n) is 5.29. The highest BCUT2D eigenvalue weighted by Crippen LogP contribution is 2.48. The van der Waals surface area contributed by atoms with E-state index >= 15 is 0 Å². The van der Waals surface area contributed by atoms with Crippen LogP contribution in [0.4, 0.5) is 0 Å². The first-order valence-corrected chi connectivity index (χ1v) is 12.2. The van der Waals surface area contributed by atoms with Crippen molar-refractivity contribution in [2.45, 2.75) is 0 Å². The van der Waals surface area contributed by atoms with Gasteiger partial charge in [-0.05, 0) is 60.9 Å². The van der Waals surface area contributed by atoms with Crippen LogP contribution < -0.4 is 0 Å². The predicted octanol–water partition coefficient (Wildman–Crippen LogP) is 11.5. The van der Waals surface area contributed by atoms with Crippen molar-refractivity contribution >= 4 is 65.0 Å². The third kappa shape index (κ3) is 3.18. The van der Waals surface area contributed by atoms with Gasteiger partial charge in [-0.1, -0.05) is 133 Å². The maximum absolute atomic E-state index is 9.86. The van der Waals surface area contributed by atoms with Gasteiger partial charge < -0.3 is 4.42 Å². The Hall–Kier alpha value is -5.40. The fourth-order valence-corrected chi connectivity index (χ4v) is 5.29. The highest BCUT2D eigenvalue weighted by atomic mass is 16.3. The van der Waals surface area contributed by atoms with E-state index in [0.717, 1.165) is 0 Å². The molecule has 0 aliphatic rings. The molecular weight excluding hydrogens is 496 g/mol. The lowest BCUT2D eigenvalue weighted by Gasteiger charge is -2.18.